The van der Waals surface area contributed by atoms with Crippen molar-refractivity contribution in [1.29, 1.82) is 5.26 Å². The van der Waals surface area contributed by atoms with Gasteiger partial charge in [0.1, 0.15) is 17.6 Å². The summed E-state index contributed by atoms with van der Waals surface area (Å²) in [4.78, 5) is 6.29. The standard InChI is InChI=1S/C15H15N3/c1-11-7-8-14(12(2)9-11)18(3)15-6-4-5-13(10-16)17-15/h4-9H,1-3H3. The lowest BCUT2D eigenvalue weighted by Crippen LogP contribution is -2.12. The Balaban J connectivity index is 2.41. The molecule has 0 amide bonds. The third kappa shape index (κ3) is 2.33. The van der Waals surface area contributed by atoms with Gasteiger partial charge in [0, 0.05) is 12.7 Å². The van der Waals surface area contributed by atoms with E-state index in [9.17, 15) is 0 Å². The van der Waals surface area contributed by atoms with E-state index in [1.165, 1.54) is 11.1 Å². The summed E-state index contributed by atoms with van der Waals surface area (Å²) in [5, 5.41) is 8.87. The molecule has 0 aliphatic rings. The Labute approximate surface area is 107 Å². The van der Waals surface area contributed by atoms with Gasteiger partial charge in [0.15, 0.2) is 0 Å². The number of pyridine rings is 1. The minimum atomic E-state index is 0.434. The second-order valence-corrected chi connectivity index (χ2v) is 4.34. The lowest BCUT2D eigenvalue weighted by molar-refractivity contribution is 1.10. The fourth-order valence-electron chi connectivity index (χ4n) is 1.98. The van der Waals surface area contributed by atoms with E-state index in [1.807, 2.05) is 24.1 Å². The Morgan fingerprint density at radius 3 is 2.61 bits per heavy atom. The van der Waals surface area contributed by atoms with Gasteiger partial charge in [0.05, 0.1) is 0 Å². The first kappa shape index (κ1) is 12.1. The molecule has 0 saturated carbocycles. The third-order valence-corrected chi connectivity index (χ3v) is 2.91. The van der Waals surface area contributed by atoms with Crippen molar-refractivity contribution in [3.63, 3.8) is 0 Å². The van der Waals surface area contributed by atoms with E-state index in [0.29, 0.717) is 5.69 Å². The molecule has 0 atom stereocenters. The highest BCUT2D eigenvalue weighted by atomic mass is 15.2. The minimum Gasteiger partial charge on any atom is -0.329 e. The van der Waals surface area contributed by atoms with Crippen LogP contribution < -0.4 is 4.90 Å². The number of nitrogens with zero attached hydrogens (tertiary/aromatic N) is 3. The molecule has 0 N–H and O–H groups in total. The van der Waals surface area contributed by atoms with Crippen LogP contribution in [0.5, 0.6) is 0 Å². The van der Waals surface area contributed by atoms with E-state index in [1.54, 1.807) is 6.07 Å². The molecule has 1 aromatic heterocycles. The Hall–Kier alpha value is -2.34. The summed E-state index contributed by atoms with van der Waals surface area (Å²) in [5.41, 5.74) is 3.97. The molecule has 0 saturated heterocycles. The molecule has 3 nitrogen and oxygen atoms in total. The second-order valence-electron chi connectivity index (χ2n) is 4.34. The van der Waals surface area contributed by atoms with E-state index in [0.717, 1.165) is 11.5 Å². The van der Waals surface area contributed by atoms with Crippen LogP contribution in [0.3, 0.4) is 0 Å². The molecular weight excluding hydrogens is 222 g/mol. The van der Waals surface area contributed by atoms with Gasteiger partial charge in [-0.3, -0.25) is 0 Å². The van der Waals surface area contributed by atoms with Gasteiger partial charge in [-0.05, 0) is 37.6 Å². The van der Waals surface area contributed by atoms with Crippen LogP contribution >= 0.6 is 0 Å². The van der Waals surface area contributed by atoms with Crippen LogP contribution in [0.15, 0.2) is 36.4 Å². The molecule has 1 heterocycles. The molecule has 3 heteroatoms. The predicted molar refractivity (Wildman–Crippen MR) is 72.9 cm³/mol. The first-order valence-electron chi connectivity index (χ1n) is 5.80. The van der Waals surface area contributed by atoms with Crippen molar-refractivity contribution in [2.75, 3.05) is 11.9 Å². The number of nitriles is 1. The zero-order valence-electron chi connectivity index (χ0n) is 10.8. The molecule has 90 valence electrons. The highest BCUT2D eigenvalue weighted by Gasteiger charge is 2.08. The Kier molecular flexibility index (Phi) is 3.29. The van der Waals surface area contributed by atoms with Gasteiger partial charge in [-0.1, -0.05) is 23.8 Å². The maximum Gasteiger partial charge on any atom is 0.142 e. The summed E-state index contributed by atoms with van der Waals surface area (Å²) >= 11 is 0. The predicted octanol–water partition coefficient (Wildman–Crippen LogP) is 3.34. The van der Waals surface area contributed by atoms with Gasteiger partial charge in [0.25, 0.3) is 0 Å². The number of rotatable bonds is 2. The molecule has 2 aromatic rings. The molecule has 0 fully saturated rings. The number of benzene rings is 1. The van der Waals surface area contributed by atoms with Crippen molar-refractivity contribution in [2.24, 2.45) is 0 Å². The van der Waals surface area contributed by atoms with E-state index < -0.39 is 0 Å². The lowest BCUT2D eigenvalue weighted by Gasteiger charge is -2.20. The van der Waals surface area contributed by atoms with Gasteiger partial charge >= 0.3 is 0 Å². The quantitative estimate of drug-likeness (QED) is 0.804. The van der Waals surface area contributed by atoms with E-state index >= 15 is 0 Å². The lowest BCUT2D eigenvalue weighted by atomic mass is 10.1. The fraction of sp³-hybridized carbons (Fsp3) is 0.200. The van der Waals surface area contributed by atoms with Crippen molar-refractivity contribution in [3.8, 4) is 6.07 Å². The Morgan fingerprint density at radius 2 is 1.94 bits per heavy atom. The van der Waals surface area contributed by atoms with Gasteiger partial charge < -0.3 is 4.90 Å². The average molecular weight is 237 g/mol. The van der Waals surface area contributed by atoms with Crippen LogP contribution in [-0.2, 0) is 0 Å². The Morgan fingerprint density at radius 1 is 1.17 bits per heavy atom. The van der Waals surface area contributed by atoms with Gasteiger partial charge in [-0.2, -0.15) is 5.26 Å². The smallest absolute Gasteiger partial charge is 0.142 e. The molecule has 0 aliphatic heterocycles. The van der Waals surface area contributed by atoms with Crippen LogP contribution in [0.2, 0.25) is 0 Å². The van der Waals surface area contributed by atoms with Crippen molar-refractivity contribution >= 4 is 11.5 Å². The summed E-state index contributed by atoms with van der Waals surface area (Å²) < 4.78 is 0. The topological polar surface area (TPSA) is 39.9 Å². The largest absolute Gasteiger partial charge is 0.329 e. The normalized spacial score (nSPS) is 9.89. The van der Waals surface area contributed by atoms with Gasteiger partial charge in [-0.15, -0.1) is 0 Å². The van der Waals surface area contributed by atoms with E-state index in [-0.39, 0.29) is 0 Å². The fourth-order valence-corrected chi connectivity index (χ4v) is 1.98. The highest BCUT2D eigenvalue weighted by Crippen LogP contribution is 2.25. The number of aryl methyl sites for hydroxylation is 2. The molecule has 18 heavy (non-hydrogen) atoms. The van der Waals surface area contributed by atoms with Gasteiger partial charge in [-0.25, -0.2) is 4.98 Å². The van der Waals surface area contributed by atoms with E-state index in [4.69, 9.17) is 5.26 Å². The van der Waals surface area contributed by atoms with Crippen LogP contribution in [0, 0.1) is 25.2 Å². The van der Waals surface area contributed by atoms with Crippen molar-refractivity contribution in [3.05, 3.63) is 53.2 Å². The van der Waals surface area contributed by atoms with Crippen LogP contribution in [-0.4, -0.2) is 12.0 Å². The number of anilines is 2. The Bertz CT molecular complexity index is 611. The van der Waals surface area contributed by atoms with Gasteiger partial charge in [0.2, 0.25) is 0 Å². The number of hydrogen-bond donors (Lipinski definition) is 0. The van der Waals surface area contributed by atoms with Crippen molar-refractivity contribution in [1.82, 2.24) is 4.98 Å². The summed E-state index contributed by atoms with van der Waals surface area (Å²) in [6.07, 6.45) is 0. The van der Waals surface area contributed by atoms with Crippen molar-refractivity contribution < 1.29 is 0 Å². The van der Waals surface area contributed by atoms with Crippen LogP contribution in [0.25, 0.3) is 0 Å². The van der Waals surface area contributed by atoms with Crippen LogP contribution in [0.1, 0.15) is 16.8 Å². The molecule has 0 aliphatic carbocycles. The first-order chi connectivity index (χ1) is 8.61. The summed E-state index contributed by atoms with van der Waals surface area (Å²) in [6.45, 7) is 4.15. The molecular formula is C15H15N3. The van der Waals surface area contributed by atoms with Crippen LogP contribution in [0.4, 0.5) is 11.5 Å². The van der Waals surface area contributed by atoms with E-state index in [2.05, 4.69) is 43.1 Å². The molecule has 0 unspecified atom stereocenters. The zero-order valence-corrected chi connectivity index (χ0v) is 10.8. The second kappa shape index (κ2) is 4.89. The maximum atomic E-state index is 8.87. The average Bonchev–Trinajstić information content (AvgIpc) is 2.38. The highest BCUT2D eigenvalue weighted by molar-refractivity contribution is 5.63. The molecule has 0 radical (unpaired) electrons. The summed E-state index contributed by atoms with van der Waals surface area (Å²) in [6, 6.07) is 13.8. The summed E-state index contributed by atoms with van der Waals surface area (Å²) in [5.74, 6) is 0.779. The molecule has 1 aromatic carbocycles. The SMILES string of the molecule is Cc1ccc(N(C)c2cccc(C#N)n2)c(C)c1. The first-order valence-corrected chi connectivity index (χ1v) is 5.80. The number of aromatic nitrogens is 1. The van der Waals surface area contributed by atoms with Crippen molar-refractivity contribution in [2.45, 2.75) is 13.8 Å². The zero-order chi connectivity index (χ0) is 13.1. The minimum absolute atomic E-state index is 0.434. The third-order valence-electron chi connectivity index (χ3n) is 2.91. The summed E-state index contributed by atoms with van der Waals surface area (Å²) in [7, 11) is 1.96. The molecule has 0 spiro atoms. The molecule has 0 bridgehead atoms. The molecule has 2 rings (SSSR count). The number of hydrogen-bond acceptors (Lipinski definition) is 3. The monoisotopic (exact) mass is 237 g/mol. The maximum absolute atomic E-state index is 8.87.